The zero-order valence-corrected chi connectivity index (χ0v) is 10.5. The highest BCUT2D eigenvalue weighted by Crippen LogP contribution is 1.95. The van der Waals surface area contributed by atoms with E-state index in [4.69, 9.17) is 0 Å². The molecule has 0 atom stereocenters. The summed E-state index contributed by atoms with van der Waals surface area (Å²) >= 11 is 0. The number of nitrogens with zero attached hydrogens (tertiary/aromatic N) is 1. The van der Waals surface area contributed by atoms with Gasteiger partial charge in [0.2, 0.25) is 0 Å². The molecule has 0 spiro atoms. The molecule has 90 valence electrons. The number of hydrogen-bond donors (Lipinski definition) is 1. The van der Waals surface area contributed by atoms with E-state index in [1.54, 1.807) is 4.57 Å². The molecule has 1 N–H and O–H groups in total. The summed E-state index contributed by atoms with van der Waals surface area (Å²) in [5.74, 6) is 0. The van der Waals surface area contributed by atoms with Crippen LogP contribution in [0.15, 0.2) is 23.1 Å². The van der Waals surface area contributed by atoms with Crippen molar-refractivity contribution in [1.29, 1.82) is 0 Å². The molecule has 16 heavy (non-hydrogen) atoms. The molecule has 0 aliphatic rings. The Labute approximate surface area is 97.5 Å². The Morgan fingerprint density at radius 3 is 2.69 bits per heavy atom. The molecular formula is C13H22N2O. The van der Waals surface area contributed by atoms with Crippen molar-refractivity contribution in [3.8, 4) is 0 Å². The van der Waals surface area contributed by atoms with Crippen molar-refractivity contribution in [3.63, 3.8) is 0 Å². The van der Waals surface area contributed by atoms with E-state index < -0.39 is 0 Å². The number of aromatic nitrogens is 1. The van der Waals surface area contributed by atoms with E-state index >= 15 is 0 Å². The molecule has 1 rings (SSSR count). The first kappa shape index (κ1) is 13.0. The predicted octanol–water partition coefficient (Wildman–Crippen LogP) is 1.93. The van der Waals surface area contributed by atoms with Crippen molar-refractivity contribution in [1.82, 2.24) is 9.88 Å². The Bertz CT molecular complexity index is 366. The van der Waals surface area contributed by atoms with Crippen LogP contribution in [0.5, 0.6) is 0 Å². The summed E-state index contributed by atoms with van der Waals surface area (Å²) in [7, 11) is 0. The van der Waals surface area contributed by atoms with Crippen LogP contribution in [0.2, 0.25) is 0 Å². The smallest absolute Gasteiger partial charge is 0.253 e. The van der Waals surface area contributed by atoms with Crippen LogP contribution in [0, 0.1) is 6.92 Å². The molecule has 0 radical (unpaired) electrons. The van der Waals surface area contributed by atoms with Gasteiger partial charge in [-0.2, -0.15) is 0 Å². The first-order chi connectivity index (χ1) is 7.69. The second-order valence-electron chi connectivity index (χ2n) is 4.16. The van der Waals surface area contributed by atoms with Crippen molar-refractivity contribution in [2.75, 3.05) is 6.54 Å². The summed E-state index contributed by atoms with van der Waals surface area (Å²) in [5, 5.41) is 3.45. The van der Waals surface area contributed by atoms with Gasteiger partial charge in [-0.05, 0) is 25.8 Å². The SMILES string of the molecule is CCC(CC)NCCn1cccc(C)c1=O. The second kappa shape index (κ2) is 6.48. The van der Waals surface area contributed by atoms with Crippen molar-refractivity contribution < 1.29 is 0 Å². The number of aryl methyl sites for hydroxylation is 1. The zero-order valence-electron chi connectivity index (χ0n) is 10.5. The number of pyridine rings is 1. The summed E-state index contributed by atoms with van der Waals surface area (Å²) in [6, 6.07) is 4.35. The average Bonchev–Trinajstić information content (AvgIpc) is 2.30. The second-order valence-corrected chi connectivity index (χ2v) is 4.16. The lowest BCUT2D eigenvalue weighted by atomic mass is 10.2. The van der Waals surface area contributed by atoms with Gasteiger partial charge < -0.3 is 9.88 Å². The summed E-state index contributed by atoms with van der Waals surface area (Å²) in [6.45, 7) is 7.82. The molecule has 0 unspecified atom stereocenters. The Kier molecular flexibility index (Phi) is 5.26. The van der Waals surface area contributed by atoms with E-state index in [0.29, 0.717) is 6.04 Å². The molecule has 0 saturated heterocycles. The maximum atomic E-state index is 11.7. The highest BCUT2D eigenvalue weighted by Gasteiger charge is 2.02. The molecular weight excluding hydrogens is 200 g/mol. The summed E-state index contributed by atoms with van der Waals surface area (Å²) in [5.41, 5.74) is 0.930. The van der Waals surface area contributed by atoms with Gasteiger partial charge in [0.15, 0.2) is 0 Å². The standard InChI is InChI=1S/C13H22N2O/c1-4-12(5-2)14-8-10-15-9-6-7-11(3)13(15)16/h6-7,9,12,14H,4-5,8,10H2,1-3H3. The molecule has 0 aliphatic heterocycles. The van der Waals surface area contributed by atoms with E-state index in [2.05, 4.69) is 19.2 Å². The molecule has 0 amide bonds. The van der Waals surface area contributed by atoms with E-state index in [0.717, 1.165) is 31.5 Å². The minimum atomic E-state index is 0.119. The largest absolute Gasteiger partial charge is 0.314 e. The zero-order chi connectivity index (χ0) is 12.0. The molecule has 0 aromatic carbocycles. The van der Waals surface area contributed by atoms with Gasteiger partial charge in [0.1, 0.15) is 0 Å². The third-order valence-corrected chi connectivity index (χ3v) is 2.98. The molecule has 1 heterocycles. The molecule has 1 aromatic heterocycles. The molecule has 0 saturated carbocycles. The van der Waals surface area contributed by atoms with Gasteiger partial charge in [0.05, 0.1) is 0 Å². The van der Waals surface area contributed by atoms with Gasteiger partial charge >= 0.3 is 0 Å². The van der Waals surface area contributed by atoms with E-state index in [-0.39, 0.29) is 5.56 Å². The topological polar surface area (TPSA) is 34.0 Å². The van der Waals surface area contributed by atoms with Crippen molar-refractivity contribution >= 4 is 0 Å². The maximum Gasteiger partial charge on any atom is 0.253 e. The Hall–Kier alpha value is -1.09. The van der Waals surface area contributed by atoms with Gasteiger partial charge in [-0.3, -0.25) is 4.79 Å². The van der Waals surface area contributed by atoms with Crippen LogP contribution in [0.4, 0.5) is 0 Å². The third-order valence-electron chi connectivity index (χ3n) is 2.98. The highest BCUT2D eigenvalue weighted by molar-refractivity contribution is 5.07. The predicted molar refractivity (Wildman–Crippen MR) is 67.8 cm³/mol. The first-order valence-corrected chi connectivity index (χ1v) is 6.08. The van der Waals surface area contributed by atoms with E-state index in [9.17, 15) is 4.79 Å². The first-order valence-electron chi connectivity index (χ1n) is 6.08. The van der Waals surface area contributed by atoms with Crippen LogP contribution in [0.25, 0.3) is 0 Å². The van der Waals surface area contributed by atoms with E-state index in [1.165, 1.54) is 0 Å². The lowest BCUT2D eigenvalue weighted by molar-refractivity contribution is 0.462. The van der Waals surface area contributed by atoms with Crippen LogP contribution in [0.3, 0.4) is 0 Å². The summed E-state index contributed by atoms with van der Waals surface area (Å²) in [4.78, 5) is 11.7. The maximum absolute atomic E-state index is 11.7. The Morgan fingerprint density at radius 2 is 2.06 bits per heavy atom. The van der Waals surface area contributed by atoms with Gasteiger partial charge in [0, 0.05) is 30.9 Å². The van der Waals surface area contributed by atoms with Crippen molar-refractivity contribution in [3.05, 3.63) is 34.2 Å². The fraction of sp³-hybridized carbons (Fsp3) is 0.615. The quantitative estimate of drug-likeness (QED) is 0.798. The minimum absolute atomic E-state index is 0.119. The normalized spacial score (nSPS) is 11.0. The van der Waals surface area contributed by atoms with Crippen LogP contribution < -0.4 is 10.9 Å². The van der Waals surface area contributed by atoms with Crippen LogP contribution in [-0.2, 0) is 6.54 Å². The minimum Gasteiger partial charge on any atom is -0.314 e. The number of rotatable bonds is 6. The molecule has 0 fully saturated rings. The summed E-state index contributed by atoms with van der Waals surface area (Å²) in [6.07, 6.45) is 4.13. The summed E-state index contributed by atoms with van der Waals surface area (Å²) < 4.78 is 1.77. The van der Waals surface area contributed by atoms with Gasteiger partial charge in [-0.25, -0.2) is 0 Å². The molecule has 0 aliphatic carbocycles. The fourth-order valence-electron chi connectivity index (χ4n) is 1.80. The number of hydrogen-bond acceptors (Lipinski definition) is 2. The van der Waals surface area contributed by atoms with Gasteiger partial charge in [0.25, 0.3) is 5.56 Å². The fourth-order valence-corrected chi connectivity index (χ4v) is 1.80. The molecule has 0 bridgehead atoms. The Morgan fingerprint density at radius 1 is 1.38 bits per heavy atom. The lowest BCUT2D eigenvalue weighted by Crippen LogP contribution is -2.33. The molecule has 1 aromatic rings. The van der Waals surface area contributed by atoms with Gasteiger partial charge in [-0.1, -0.05) is 19.9 Å². The van der Waals surface area contributed by atoms with Crippen molar-refractivity contribution in [2.24, 2.45) is 0 Å². The van der Waals surface area contributed by atoms with Crippen LogP contribution in [-0.4, -0.2) is 17.2 Å². The van der Waals surface area contributed by atoms with Crippen LogP contribution >= 0.6 is 0 Å². The Balaban J connectivity index is 2.49. The lowest BCUT2D eigenvalue weighted by Gasteiger charge is -2.15. The number of nitrogens with one attached hydrogen (secondary N) is 1. The van der Waals surface area contributed by atoms with Gasteiger partial charge in [-0.15, -0.1) is 0 Å². The molecule has 3 nitrogen and oxygen atoms in total. The highest BCUT2D eigenvalue weighted by atomic mass is 16.1. The molecule has 3 heteroatoms. The van der Waals surface area contributed by atoms with Crippen molar-refractivity contribution in [2.45, 2.75) is 46.2 Å². The monoisotopic (exact) mass is 222 g/mol. The van der Waals surface area contributed by atoms with Crippen LogP contribution in [0.1, 0.15) is 32.3 Å². The van der Waals surface area contributed by atoms with E-state index in [1.807, 2.05) is 25.3 Å². The average molecular weight is 222 g/mol. The third kappa shape index (κ3) is 3.49.